The highest BCUT2D eigenvalue weighted by molar-refractivity contribution is 9.10. The first-order chi connectivity index (χ1) is 9.97. The van der Waals surface area contributed by atoms with Crippen molar-refractivity contribution in [1.29, 1.82) is 0 Å². The third-order valence-corrected chi connectivity index (χ3v) is 3.99. The molecular formula is C15H10BrFN2O2. The fraction of sp³-hybridized carbons (Fsp3) is 0.0667. The minimum Gasteiger partial charge on any atom is -0.478 e. The van der Waals surface area contributed by atoms with E-state index in [0.29, 0.717) is 16.9 Å². The molecule has 0 aliphatic rings. The number of aromatic nitrogens is 2. The third-order valence-electron chi connectivity index (χ3n) is 3.30. The standard InChI is InChI=1S/C15H10BrFN2O2/c1-19-13-5-2-8(15(20)21)6-12(13)18-14(19)10-7-9(17)3-4-11(10)16/h2-7H,1H3,(H,20,21). The SMILES string of the molecule is Cn1c(-c2cc(F)ccc2Br)nc2cc(C(=O)O)ccc21. The number of fused-ring (bicyclic) bond motifs is 1. The predicted molar refractivity (Wildman–Crippen MR) is 80.8 cm³/mol. The van der Waals surface area contributed by atoms with Gasteiger partial charge in [-0.15, -0.1) is 0 Å². The number of halogens is 2. The highest BCUT2D eigenvalue weighted by Crippen LogP contribution is 2.30. The average molecular weight is 349 g/mol. The number of nitrogens with zero attached hydrogens (tertiary/aromatic N) is 2. The summed E-state index contributed by atoms with van der Waals surface area (Å²) in [5.41, 5.74) is 2.13. The number of aromatic carboxylic acids is 1. The zero-order valence-corrected chi connectivity index (χ0v) is 12.6. The number of aryl methyl sites for hydroxylation is 1. The van der Waals surface area contributed by atoms with E-state index in [1.807, 2.05) is 7.05 Å². The highest BCUT2D eigenvalue weighted by Gasteiger charge is 2.14. The van der Waals surface area contributed by atoms with Gasteiger partial charge in [0.05, 0.1) is 16.6 Å². The first kappa shape index (κ1) is 13.8. The molecule has 4 nitrogen and oxygen atoms in total. The Hall–Kier alpha value is -2.21. The molecule has 1 heterocycles. The van der Waals surface area contributed by atoms with Crippen molar-refractivity contribution in [3.63, 3.8) is 0 Å². The topological polar surface area (TPSA) is 55.1 Å². The molecule has 0 atom stereocenters. The molecule has 1 N–H and O–H groups in total. The first-order valence-electron chi connectivity index (χ1n) is 6.12. The molecule has 0 spiro atoms. The molecule has 0 fully saturated rings. The summed E-state index contributed by atoms with van der Waals surface area (Å²) < 4.78 is 16.0. The van der Waals surface area contributed by atoms with Gasteiger partial charge in [-0.2, -0.15) is 0 Å². The van der Waals surface area contributed by atoms with Gasteiger partial charge in [0, 0.05) is 17.1 Å². The maximum atomic E-state index is 13.5. The van der Waals surface area contributed by atoms with Crippen LogP contribution in [-0.2, 0) is 7.05 Å². The Morgan fingerprint density at radius 2 is 2.05 bits per heavy atom. The van der Waals surface area contributed by atoms with E-state index >= 15 is 0 Å². The van der Waals surface area contributed by atoms with Gasteiger partial charge >= 0.3 is 5.97 Å². The average Bonchev–Trinajstić information content (AvgIpc) is 2.78. The zero-order valence-electron chi connectivity index (χ0n) is 11.0. The van der Waals surface area contributed by atoms with Gasteiger partial charge in [-0.1, -0.05) is 15.9 Å². The summed E-state index contributed by atoms with van der Waals surface area (Å²) in [6.45, 7) is 0. The molecule has 21 heavy (non-hydrogen) atoms. The normalized spacial score (nSPS) is 11.0. The summed E-state index contributed by atoms with van der Waals surface area (Å²) in [6, 6.07) is 9.10. The fourth-order valence-corrected chi connectivity index (χ4v) is 2.67. The zero-order chi connectivity index (χ0) is 15.1. The molecule has 0 unspecified atom stereocenters. The highest BCUT2D eigenvalue weighted by atomic mass is 79.9. The van der Waals surface area contributed by atoms with Crippen LogP contribution in [0.5, 0.6) is 0 Å². The Bertz CT molecular complexity index is 873. The molecule has 0 saturated carbocycles. The lowest BCUT2D eigenvalue weighted by Crippen LogP contribution is -1.96. The lowest BCUT2D eigenvalue weighted by Gasteiger charge is -2.05. The minimum atomic E-state index is -1.00. The van der Waals surface area contributed by atoms with Crippen molar-refractivity contribution >= 4 is 32.9 Å². The van der Waals surface area contributed by atoms with Crippen LogP contribution in [-0.4, -0.2) is 20.6 Å². The van der Waals surface area contributed by atoms with Gasteiger partial charge in [0.25, 0.3) is 0 Å². The first-order valence-corrected chi connectivity index (χ1v) is 6.92. The number of carbonyl (C=O) groups is 1. The maximum Gasteiger partial charge on any atom is 0.335 e. The Morgan fingerprint density at radius 3 is 2.76 bits per heavy atom. The van der Waals surface area contributed by atoms with Crippen LogP contribution in [0.1, 0.15) is 10.4 Å². The molecule has 3 rings (SSSR count). The molecule has 0 aliphatic carbocycles. The Balaban J connectivity index is 2.26. The smallest absolute Gasteiger partial charge is 0.335 e. The van der Waals surface area contributed by atoms with Crippen molar-refractivity contribution in [2.24, 2.45) is 7.05 Å². The van der Waals surface area contributed by atoms with Crippen LogP contribution >= 0.6 is 15.9 Å². The summed E-state index contributed by atoms with van der Waals surface area (Å²) in [5.74, 6) is -0.790. The fourth-order valence-electron chi connectivity index (χ4n) is 2.24. The van der Waals surface area contributed by atoms with E-state index in [4.69, 9.17) is 5.11 Å². The van der Waals surface area contributed by atoms with Crippen LogP contribution in [0.15, 0.2) is 40.9 Å². The molecule has 6 heteroatoms. The number of benzene rings is 2. The number of hydrogen-bond acceptors (Lipinski definition) is 2. The van der Waals surface area contributed by atoms with Gasteiger partial charge in [-0.25, -0.2) is 14.2 Å². The van der Waals surface area contributed by atoms with Gasteiger partial charge in [0.2, 0.25) is 0 Å². The Morgan fingerprint density at radius 1 is 1.29 bits per heavy atom. The summed E-state index contributed by atoms with van der Waals surface area (Å²) >= 11 is 3.38. The van der Waals surface area contributed by atoms with Gasteiger partial charge in [0.1, 0.15) is 11.6 Å². The quantitative estimate of drug-likeness (QED) is 0.765. The number of hydrogen-bond donors (Lipinski definition) is 1. The molecule has 0 amide bonds. The lowest BCUT2D eigenvalue weighted by atomic mass is 10.2. The van der Waals surface area contributed by atoms with Gasteiger partial charge in [-0.05, 0) is 36.4 Å². The van der Waals surface area contributed by atoms with Gasteiger partial charge in [-0.3, -0.25) is 0 Å². The number of rotatable bonds is 2. The number of carboxylic acid groups (broad SMARTS) is 1. The number of carboxylic acids is 1. The number of imidazole rings is 1. The van der Waals surface area contributed by atoms with E-state index in [0.717, 1.165) is 9.99 Å². The van der Waals surface area contributed by atoms with E-state index < -0.39 is 5.97 Å². The molecule has 106 valence electrons. The van der Waals surface area contributed by atoms with Crippen LogP contribution in [0.25, 0.3) is 22.4 Å². The second-order valence-electron chi connectivity index (χ2n) is 4.63. The Kier molecular flexibility index (Phi) is 3.25. The maximum absolute atomic E-state index is 13.5. The monoisotopic (exact) mass is 348 g/mol. The molecule has 0 aliphatic heterocycles. The second kappa shape index (κ2) is 4.96. The van der Waals surface area contributed by atoms with E-state index in [9.17, 15) is 9.18 Å². The van der Waals surface area contributed by atoms with E-state index in [2.05, 4.69) is 20.9 Å². The van der Waals surface area contributed by atoms with Crippen molar-refractivity contribution in [3.05, 3.63) is 52.3 Å². The predicted octanol–water partition coefficient (Wildman–Crippen LogP) is 3.84. The van der Waals surface area contributed by atoms with Crippen LogP contribution in [0, 0.1) is 5.82 Å². The molecule has 1 aromatic heterocycles. The summed E-state index contributed by atoms with van der Waals surface area (Å²) in [5, 5.41) is 9.03. The molecule has 3 aromatic rings. The van der Waals surface area contributed by atoms with Crippen LogP contribution < -0.4 is 0 Å². The van der Waals surface area contributed by atoms with Crippen molar-refractivity contribution in [1.82, 2.24) is 9.55 Å². The molecule has 0 bridgehead atoms. The van der Waals surface area contributed by atoms with Crippen molar-refractivity contribution in [2.45, 2.75) is 0 Å². The van der Waals surface area contributed by atoms with E-state index in [1.54, 1.807) is 16.7 Å². The Labute approximate surface area is 128 Å². The molecule has 0 saturated heterocycles. The van der Waals surface area contributed by atoms with Crippen LogP contribution in [0.3, 0.4) is 0 Å². The minimum absolute atomic E-state index is 0.172. The lowest BCUT2D eigenvalue weighted by molar-refractivity contribution is 0.0697. The second-order valence-corrected chi connectivity index (χ2v) is 5.48. The molecular weight excluding hydrogens is 339 g/mol. The van der Waals surface area contributed by atoms with E-state index in [1.165, 1.54) is 24.3 Å². The summed E-state index contributed by atoms with van der Waals surface area (Å²) in [6.07, 6.45) is 0. The van der Waals surface area contributed by atoms with Crippen molar-refractivity contribution < 1.29 is 14.3 Å². The molecule has 0 radical (unpaired) electrons. The summed E-state index contributed by atoms with van der Waals surface area (Å²) in [7, 11) is 1.81. The van der Waals surface area contributed by atoms with Crippen LogP contribution in [0.4, 0.5) is 4.39 Å². The largest absolute Gasteiger partial charge is 0.478 e. The van der Waals surface area contributed by atoms with Gasteiger partial charge in [0.15, 0.2) is 0 Å². The third kappa shape index (κ3) is 2.31. The van der Waals surface area contributed by atoms with Gasteiger partial charge < -0.3 is 9.67 Å². The van der Waals surface area contributed by atoms with Crippen molar-refractivity contribution in [2.75, 3.05) is 0 Å². The molecule has 2 aromatic carbocycles. The van der Waals surface area contributed by atoms with E-state index in [-0.39, 0.29) is 11.4 Å². The summed E-state index contributed by atoms with van der Waals surface area (Å²) in [4.78, 5) is 15.4. The van der Waals surface area contributed by atoms with Crippen LogP contribution in [0.2, 0.25) is 0 Å². The van der Waals surface area contributed by atoms with Crippen molar-refractivity contribution in [3.8, 4) is 11.4 Å².